The number of halogens is 1. The first kappa shape index (κ1) is 18.5. The molecule has 2 N–H and O–H groups in total. The largest absolute Gasteiger partial charge is 0.376 e. The minimum atomic E-state index is -0.143. The van der Waals surface area contributed by atoms with Gasteiger partial charge in [-0.05, 0) is 55.7 Å². The predicted molar refractivity (Wildman–Crippen MR) is 107 cm³/mol. The van der Waals surface area contributed by atoms with Crippen LogP contribution in [-0.4, -0.2) is 36.3 Å². The van der Waals surface area contributed by atoms with E-state index in [9.17, 15) is 9.59 Å². The number of piperidine rings is 1. The monoisotopic (exact) mass is 415 g/mol. The molecule has 2 aromatic rings. The van der Waals surface area contributed by atoms with E-state index in [2.05, 4.69) is 26.6 Å². The standard InChI is InChI=1S/C20H22BrN3O2/c21-16-7-5-9-18(13-16)23-19(25)14-22-17-8-4-6-15(12-17)20(26)24-10-2-1-3-11-24/h4-9,12-13,22H,1-3,10-11,14H2,(H,23,25). The zero-order valence-electron chi connectivity index (χ0n) is 14.5. The van der Waals surface area contributed by atoms with E-state index in [1.807, 2.05) is 53.4 Å². The van der Waals surface area contributed by atoms with Crippen LogP contribution in [0.15, 0.2) is 53.0 Å². The maximum absolute atomic E-state index is 12.6. The topological polar surface area (TPSA) is 61.4 Å². The maximum atomic E-state index is 12.6. The molecular weight excluding hydrogens is 394 g/mol. The zero-order chi connectivity index (χ0) is 18.4. The molecule has 0 radical (unpaired) electrons. The first-order chi connectivity index (χ1) is 12.6. The lowest BCUT2D eigenvalue weighted by molar-refractivity contribution is -0.114. The summed E-state index contributed by atoms with van der Waals surface area (Å²) in [5.74, 6) is -0.0807. The Balaban J connectivity index is 1.56. The molecule has 0 aromatic heterocycles. The molecule has 0 spiro atoms. The van der Waals surface area contributed by atoms with Crippen LogP contribution in [0.2, 0.25) is 0 Å². The molecule has 1 heterocycles. The fraction of sp³-hybridized carbons (Fsp3) is 0.300. The lowest BCUT2D eigenvalue weighted by Crippen LogP contribution is -2.35. The summed E-state index contributed by atoms with van der Waals surface area (Å²) in [5.41, 5.74) is 2.15. The molecule has 3 rings (SSSR count). The van der Waals surface area contributed by atoms with E-state index in [1.165, 1.54) is 6.42 Å². The second-order valence-electron chi connectivity index (χ2n) is 6.35. The Morgan fingerprint density at radius 3 is 2.46 bits per heavy atom. The Bertz CT molecular complexity index is 788. The van der Waals surface area contributed by atoms with Crippen molar-refractivity contribution in [3.05, 3.63) is 58.6 Å². The maximum Gasteiger partial charge on any atom is 0.253 e. The minimum absolute atomic E-state index is 0.0620. The SMILES string of the molecule is O=C(CNc1cccc(C(=O)N2CCCCC2)c1)Nc1cccc(Br)c1. The Kier molecular flexibility index (Phi) is 6.28. The summed E-state index contributed by atoms with van der Waals surface area (Å²) < 4.78 is 0.909. The Labute approximate surface area is 161 Å². The van der Waals surface area contributed by atoms with Gasteiger partial charge in [0.2, 0.25) is 5.91 Å². The molecule has 0 atom stereocenters. The Morgan fingerprint density at radius 1 is 0.962 bits per heavy atom. The molecule has 5 nitrogen and oxygen atoms in total. The van der Waals surface area contributed by atoms with Gasteiger partial charge in [-0.2, -0.15) is 0 Å². The number of nitrogens with one attached hydrogen (secondary N) is 2. The number of carbonyl (C=O) groups excluding carboxylic acids is 2. The van der Waals surface area contributed by atoms with Crippen LogP contribution in [0.25, 0.3) is 0 Å². The van der Waals surface area contributed by atoms with Crippen LogP contribution in [0.3, 0.4) is 0 Å². The molecule has 1 saturated heterocycles. The van der Waals surface area contributed by atoms with E-state index < -0.39 is 0 Å². The fourth-order valence-electron chi connectivity index (χ4n) is 3.00. The minimum Gasteiger partial charge on any atom is -0.376 e. The third kappa shape index (κ3) is 5.08. The van der Waals surface area contributed by atoms with Crippen LogP contribution in [0.1, 0.15) is 29.6 Å². The van der Waals surface area contributed by atoms with Crippen molar-refractivity contribution in [2.75, 3.05) is 30.3 Å². The van der Waals surface area contributed by atoms with Gasteiger partial charge in [0.15, 0.2) is 0 Å². The summed E-state index contributed by atoms with van der Waals surface area (Å²) in [6.07, 6.45) is 3.33. The van der Waals surface area contributed by atoms with E-state index >= 15 is 0 Å². The number of carbonyl (C=O) groups is 2. The summed E-state index contributed by atoms with van der Waals surface area (Å²) in [6.45, 7) is 1.78. The Morgan fingerprint density at radius 2 is 1.69 bits per heavy atom. The van der Waals surface area contributed by atoms with E-state index in [4.69, 9.17) is 0 Å². The van der Waals surface area contributed by atoms with Crippen molar-refractivity contribution >= 4 is 39.1 Å². The summed E-state index contributed by atoms with van der Waals surface area (Å²) in [7, 11) is 0. The van der Waals surface area contributed by atoms with Crippen molar-refractivity contribution in [1.82, 2.24) is 4.90 Å². The van der Waals surface area contributed by atoms with Gasteiger partial charge in [0.05, 0.1) is 6.54 Å². The first-order valence-electron chi connectivity index (χ1n) is 8.80. The van der Waals surface area contributed by atoms with Crippen LogP contribution in [0, 0.1) is 0 Å². The highest BCUT2D eigenvalue weighted by Crippen LogP contribution is 2.17. The van der Waals surface area contributed by atoms with Crippen molar-refractivity contribution < 1.29 is 9.59 Å². The number of anilines is 2. The molecule has 136 valence electrons. The molecule has 0 unspecified atom stereocenters. The van der Waals surface area contributed by atoms with Gasteiger partial charge in [0.25, 0.3) is 5.91 Å². The smallest absolute Gasteiger partial charge is 0.253 e. The molecule has 2 aromatic carbocycles. The van der Waals surface area contributed by atoms with Gasteiger partial charge >= 0.3 is 0 Å². The van der Waals surface area contributed by atoms with Crippen LogP contribution in [0.5, 0.6) is 0 Å². The summed E-state index contributed by atoms with van der Waals surface area (Å²) in [5, 5.41) is 5.92. The van der Waals surface area contributed by atoms with E-state index in [-0.39, 0.29) is 18.4 Å². The quantitative estimate of drug-likeness (QED) is 0.771. The molecule has 2 amide bonds. The summed E-state index contributed by atoms with van der Waals surface area (Å²) in [4.78, 5) is 26.6. The van der Waals surface area contributed by atoms with Crippen molar-refractivity contribution in [2.24, 2.45) is 0 Å². The number of hydrogen-bond acceptors (Lipinski definition) is 3. The molecule has 0 saturated carbocycles. The summed E-state index contributed by atoms with van der Waals surface area (Å²) in [6, 6.07) is 14.8. The zero-order valence-corrected chi connectivity index (χ0v) is 16.1. The van der Waals surface area contributed by atoms with Gasteiger partial charge in [-0.3, -0.25) is 9.59 Å². The van der Waals surface area contributed by atoms with E-state index in [0.717, 1.165) is 41.8 Å². The molecule has 0 bridgehead atoms. The number of amides is 2. The highest BCUT2D eigenvalue weighted by Gasteiger charge is 2.18. The average molecular weight is 416 g/mol. The van der Waals surface area contributed by atoms with Gasteiger partial charge in [0, 0.05) is 34.5 Å². The van der Waals surface area contributed by atoms with Crippen LogP contribution in [-0.2, 0) is 4.79 Å². The summed E-state index contributed by atoms with van der Waals surface area (Å²) >= 11 is 3.38. The van der Waals surface area contributed by atoms with E-state index in [1.54, 1.807) is 0 Å². The highest BCUT2D eigenvalue weighted by molar-refractivity contribution is 9.10. The van der Waals surface area contributed by atoms with Gasteiger partial charge in [-0.25, -0.2) is 0 Å². The van der Waals surface area contributed by atoms with Crippen molar-refractivity contribution in [3.63, 3.8) is 0 Å². The highest BCUT2D eigenvalue weighted by atomic mass is 79.9. The Hall–Kier alpha value is -2.34. The molecule has 1 fully saturated rings. The van der Waals surface area contributed by atoms with Crippen LogP contribution >= 0.6 is 15.9 Å². The molecule has 0 aliphatic carbocycles. The number of rotatable bonds is 5. The number of benzene rings is 2. The molecule has 26 heavy (non-hydrogen) atoms. The van der Waals surface area contributed by atoms with Crippen LogP contribution < -0.4 is 10.6 Å². The predicted octanol–water partition coefficient (Wildman–Crippen LogP) is 4.13. The van der Waals surface area contributed by atoms with Gasteiger partial charge in [0.1, 0.15) is 0 Å². The molecule has 6 heteroatoms. The average Bonchev–Trinajstić information content (AvgIpc) is 2.67. The van der Waals surface area contributed by atoms with Crippen LogP contribution in [0.4, 0.5) is 11.4 Å². The number of likely N-dealkylation sites (tertiary alicyclic amines) is 1. The molecule has 1 aliphatic heterocycles. The lowest BCUT2D eigenvalue weighted by atomic mass is 10.1. The van der Waals surface area contributed by atoms with Gasteiger partial charge in [-0.15, -0.1) is 0 Å². The third-order valence-electron chi connectivity index (χ3n) is 4.31. The third-order valence-corrected chi connectivity index (χ3v) is 4.81. The van der Waals surface area contributed by atoms with Gasteiger partial charge < -0.3 is 15.5 Å². The normalized spacial score (nSPS) is 14.0. The fourth-order valence-corrected chi connectivity index (χ4v) is 3.39. The second kappa shape index (κ2) is 8.85. The molecular formula is C20H22BrN3O2. The second-order valence-corrected chi connectivity index (χ2v) is 7.26. The number of hydrogen-bond donors (Lipinski definition) is 2. The molecule has 1 aliphatic rings. The lowest BCUT2D eigenvalue weighted by Gasteiger charge is -2.26. The van der Waals surface area contributed by atoms with Crippen molar-refractivity contribution in [2.45, 2.75) is 19.3 Å². The van der Waals surface area contributed by atoms with E-state index in [0.29, 0.717) is 5.56 Å². The number of nitrogens with zero attached hydrogens (tertiary/aromatic N) is 1. The first-order valence-corrected chi connectivity index (χ1v) is 9.60. The van der Waals surface area contributed by atoms with Gasteiger partial charge in [-0.1, -0.05) is 28.1 Å². The van der Waals surface area contributed by atoms with Crippen molar-refractivity contribution in [1.29, 1.82) is 0 Å². The van der Waals surface area contributed by atoms with Crippen molar-refractivity contribution in [3.8, 4) is 0 Å².